The summed E-state index contributed by atoms with van der Waals surface area (Å²) in [7, 11) is -3.77. The van der Waals surface area contributed by atoms with E-state index in [1.807, 2.05) is 0 Å². The summed E-state index contributed by atoms with van der Waals surface area (Å²) >= 11 is 0. The van der Waals surface area contributed by atoms with Crippen LogP contribution in [-0.2, 0) is 14.8 Å². The van der Waals surface area contributed by atoms with Crippen molar-refractivity contribution in [1.82, 2.24) is 14.6 Å². The van der Waals surface area contributed by atoms with Crippen molar-refractivity contribution in [2.75, 3.05) is 13.1 Å². The highest BCUT2D eigenvalue weighted by atomic mass is 32.2. The molecular weight excluding hydrogens is 394 g/mol. The van der Waals surface area contributed by atoms with Gasteiger partial charge in [0.25, 0.3) is 0 Å². The Morgan fingerprint density at radius 3 is 2.62 bits per heavy atom. The van der Waals surface area contributed by atoms with E-state index in [4.69, 9.17) is 4.42 Å². The third-order valence-electron chi connectivity index (χ3n) is 5.99. The maximum atomic E-state index is 13.1. The number of carbonyl (C=O) groups is 1. The van der Waals surface area contributed by atoms with Crippen molar-refractivity contribution in [3.05, 3.63) is 28.7 Å². The number of amides is 1. The third kappa shape index (κ3) is 4.40. The first kappa shape index (κ1) is 20.2. The largest absolute Gasteiger partial charge is 0.417 e. The number of hydrogen-bond acceptors (Lipinski definition) is 5. The lowest BCUT2D eigenvalue weighted by atomic mass is 9.97. The lowest BCUT2D eigenvalue weighted by Crippen LogP contribution is -2.47. The van der Waals surface area contributed by atoms with Gasteiger partial charge in [0.15, 0.2) is 5.58 Å². The highest BCUT2D eigenvalue weighted by Gasteiger charge is 2.34. The molecule has 2 aliphatic rings. The number of benzene rings is 1. The Morgan fingerprint density at radius 1 is 1.10 bits per heavy atom. The molecule has 1 unspecified atom stereocenters. The van der Waals surface area contributed by atoms with E-state index in [1.54, 1.807) is 0 Å². The van der Waals surface area contributed by atoms with Crippen LogP contribution >= 0.6 is 0 Å². The van der Waals surface area contributed by atoms with E-state index < -0.39 is 15.8 Å². The molecule has 1 saturated heterocycles. The van der Waals surface area contributed by atoms with Gasteiger partial charge in [0.2, 0.25) is 15.9 Å². The van der Waals surface area contributed by atoms with Gasteiger partial charge in [0.1, 0.15) is 0 Å². The molecule has 0 bridgehead atoms. The van der Waals surface area contributed by atoms with Crippen LogP contribution in [0.25, 0.3) is 11.1 Å². The fourth-order valence-electron chi connectivity index (χ4n) is 4.35. The molecular formula is C20H27N3O5S. The maximum Gasteiger partial charge on any atom is 0.417 e. The van der Waals surface area contributed by atoms with Crippen molar-refractivity contribution in [3.63, 3.8) is 0 Å². The Morgan fingerprint density at radius 2 is 1.86 bits per heavy atom. The number of sulfonamides is 1. The molecule has 8 nitrogen and oxygen atoms in total. The number of aromatic amines is 1. The second-order valence-corrected chi connectivity index (χ2v) is 10.0. The molecule has 1 aliphatic carbocycles. The van der Waals surface area contributed by atoms with E-state index in [-0.39, 0.29) is 34.9 Å². The van der Waals surface area contributed by atoms with Gasteiger partial charge in [-0.25, -0.2) is 13.2 Å². The topological polar surface area (TPSA) is 112 Å². The van der Waals surface area contributed by atoms with Crippen LogP contribution in [0.3, 0.4) is 0 Å². The quantitative estimate of drug-likeness (QED) is 0.736. The number of rotatable bonds is 4. The smallest absolute Gasteiger partial charge is 0.408 e. The summed E-state index contributed by atoms with van der Waals surface area (Å²) in [6, 6.07) is 4.54. The molecule has 29 heavy (non-hydrogen) atoms. The molecule has 2 N–H and O–H groups in total. The molecule has 2 heterocycles. The van der Waals surface area contributed by atoms with Crippen molar-refractivity contribution in [2.45, 2.75) is 62.3 Å². The van der Waals surface area contributed by atoms with Gasteiger partial charge < -0.3 is 9.73 Å². The molecule has 2 aromatic rings. The zero-order chi connectivity index (χ0) is 20.4. The van der Waals surface area contributed by atoms with E-state index in [1.165, 1.54) is 35.3 Å². The Labute approximate surface area is 169 Å². The minimum Gasteiger partial charge on any atom is -0.408 e. The third-order valence-corrected chi connectivity index (χ3v) is 7.85. The van der Waals surface area contributed by atoms with Crippen molar-refractivity contribution < 1.29 is 17.6 Å². The van der Waals surface area contributed by atoms with E-state index in [2.05, 4.69) is 10.3 Å². The number of nitrogens with one attached hydrogen (secondary N) is 2. The fourth-order valence-corrected chi connectivity index (χ4v) is 5.89. The summed E-state index contributed by atoms with van der Waals surface area (Å²) in [6.07, 6.45) is 8.03. The number of piperidine rings is 1. The Balaban J connectivity index is 1.47. The number of fused-ring (bicyclic) bond motifs is 1. The lowest BCUT2D eigenvalue weighted by molar-refractivity contribution is -0.126. The Bertz CT molecular complexity index is 1030. The predicted molar refractivity (Wildman–Crippen MR) is 108 cm³/mol. The van der Waals surface area contributed by atoms with Crippen molar-refractivity contribution in [1.29, 1.82) is 0 Å². The number of nitrogens with zero attached hydrogens (tertiary/aromatic N) is 1. The molecule has 9 heteroatoms. The fraction of sp³-hybridized carbons (Fsp3) is 0.600. The van der Waals surface area contributed by atoms with Gasteiger partial charge in [-0.05, 0) is 37.8 Å². The molecule has 1 aromatic heterocycles. The SMILES string of the molecule is O=C(NC1CCCCCC1)C1CCCN(S(=O)(=O)c2ccc3[nH]c(=O)oc3c2)C1. The first-order chi connectivity index (χ1) is 13.9. The first-order valence-electron chi connectivity index (χ1n) is 10.4. The van der Waals surface area contributed by atoms with Gasteiger partial charge >= 0.3 is 5.76 Å². The molecule has 1 saturated carbocycles. The van der Waals surface area contributed by atoms with Crippen molar-refractivity contribution in [3.8, 4) is 0 Å². The van der Waals surface area contributed by atoms with Crippen LogP contribution in [-0.4, -0.2) is 42.7 Å². The van der Waals surface area contributed by atoms with Gasteiger partial charge in [-0.3, -0.25) is 9.78 Å². The van der Waals surface area contributed by atoms with Gasteiger partial charge in [0, 0.05) is 25.2 Å². The summed E-state index contributed by atoms with van der Waals surface area (Å²) in [5.41, 5.74) is 0.656. The Kier molecular flexibility index (Phi) is 5.78. The molecule has 1 atom stereocenters. The van der Waals surface area contributed by atoms with E-state index in [9.17, 15) is 18.0 Å². The summed E-state index contributed by atoms with van der Waals surface area (Å²) in [4.78, 5) is 26.7. The zero-order valence-electron chi connectivity index (χ0n) is 16.4. The minimum absolute atomic E-state index is 0.0381. The van der Waals surface area contributed by atoms with Crippen LogP contribution in [0.2, 0.25) is 0 Å². The number of carbonyl (C=O) groups excluding carboxylic acids is 1. The molecule has 4 rings (SSSR count). The van der Waals surface area contributed by atoms with Crippen LogP contribution in [0.5, 0.6) is 0 Å². The van der Waals surface area contributed by atoms with Crippen LogP contribution in [0, 0.1) is 5.92 Å². The highest BCUT2D eigenvalue weighted by Crippen LogP contribution is 2.26. The molecule has 2 fully saturated rings. The predicted octanol–water partition coefficient (Wildman–Crippen LogP) is 2.36. The Hall–Kier alpha value is -2.13. The van der Waals surface area contributed by atoms with Crippen molar-refractivity contribution >= 4 is 27.0 Å². The summed E-state index contributed by atoms with van der Waals surface area (Å²) in [5.74, 6) is -0.998. The average molecular weight is 422 g/mol. The van der Waals surface area contributed by atoms with Gasteiger partial charge in [-0.15, -0.1) is 0 Å². The van der Waals surface area contributed by atoms with Crippen LogP contribution in [0.1, 0.15) is 51.4 Å². The number of oxazole rings is 1. The van der Waals surface area contributed by atoms with Crippen LogP contribution in [0.15, 0.2) is 32.3 Å². The highest BCUT2D eigenvalue weighted by molar-refractivity contribution is 7.89. The number of H-pyrrole nitrogens is 1. The number of aromatic nitrogens is 1. The van der Waals surface area contributed by atoms with Crippen LogP contribution < -0.4 is 11.1 Å². The van der Waals surface area contributed by atoms with E-state index >= 15 is 0 Å². The summed E-state index contributed by atoms with van der Waals surface area (Å²) in [6.45, 7) is 0.556. The van der Waals surface area contributed by atoms with Gasteiger partial charge in [-0.2, -0.15) is 4.31 Å². The monoisotopic (exact) mass is 421 g/mol. The molecule has 1 aliphatic heterocycles. The molecule has 1 amide bonds. The summed E-state index contributed by atoms with van der Waals surface area (Å²) < 4.78 is 32.6. The molecule has 0 radical (unpaired) electrons. The second-order valence-electron chi connectivity index (χ2n) is 8.07. The average Bonchev–Trinajstić information content (AvgIpc) is 2.90. The molecule has 1 aromatic carbocycles. The zero-order valence-corrected chi connectivity index (χ0v) is 17.2. The second kappa shape index (κ2) is 8.31. The minimum atomic E-state index is -3.77. The lowest BCUT2D eigenvalue weighted by Gasteiger charge is -2.32. The molecule has 0 spiro atoms. The normalized spacial score (nSPS) is 22.4. The van der Waals surface area contributed by atoms with Crippen molar-refractivity contribution in [2.24, 2.45) is 5.92 Å². The maximum absolute atomic E-state index is 13.1. The van der Waals surface area contributed by atoms with E-state index in [0.717, 1.165) is 25.7 Å². The van der Waals surface area contributed by atoms with Crippen LogP contribution in [0.4, 0.5) is 0 Å². The summed E-state index contributed by atoms with van der Waals surface area (Å²) in [5, 5.41) is 3.15. The first-order valence-corrected chi connectivity index (χ1v) is 11.8. The standard InChI is InChI=1S/C20H27N3O5S/c24-19(21-15-7-3-1-2-4-8-15)14-6-5-11-23(13-14)29(26,27)16-9-10-17-18(12-16)28-20(25)22-17/h9-10,12,14-15H,1-8,11,13H2,(H,21,24)(H,22,25). The number of hydrogen-bond donors (Lipinski definition) is 2. The van der Waals surface area contributed by atoms with E-state index in [0.29, 0.717) is 24.9 Å². The van der Waals surface area contributed by atoms with Gasteiger partial charge in [-0.1, -0.05) is 25.7 Å². The molecule has 158 valence electrons. The van der Waals surface area contributed by atoms with Gasteiger partial charge in [0.05, 0.1) is 16.3 Å².